The summed E-state index contributed by atoms with van der Waals surface area (Å²) in [6, 6.07) is 12.3. The highest BCUT2D eigenvalue weighted by molar-refractivity contribution is 7.14. The highest BCUT2D eigenvalue weighted by Gasteiger charge is 2.09. The minimum Gasteiger partial charge on any atom is -0.324 e. The Morgan fingerprint density at radius 3 is 2.48 bits per heavy atom. The van der Waals surface area contributed by atoms with Crippen LogP contribution in [0.5, 0.6) is 0 Å². The molecule has 0 aliphatic heterocycles. The molecule has 0 bridgehead atoms. The predicted molar refractivity (Wildman–Crippen MR) is 101 cm³/mol. The number of hydrogen-bond donors (Lipinski definition) is 2. The molecule has 0 fully saturated rings. The van der Waals surface area contributed by atoms with Crippen LogP contribution < -0.4 is 5.32 Å². The number of rotatable bonds is 5. The van der Waals surface area contributed by atoms with Gasteiger partial charge in [-0.15, -0.1) is 11.3 Å². The molecule has 134 valence electrons. The molecule has 2 aromatic heterocycles. The molecule has 27 heavy (non-hydrogen) atoms. The van der Waals surface area contributed by atoms with Crippen molar-refractivity contribution in [2.75, 3.05) is 5.32 Å². The number of imidazole rings is 1. The lowest BCUT2D eigenvalue weighted by molar-refractivity contribution is -0.384. The Hall–Kier alpha value is -3.59. The predicted octanol–water partition coefficient (Wildman–Crippen LogP) is 4.99. The molecule has 0 aliphatic carbocycles. The molecule has 0 spiro atoms. The van der Waals surface area contributed by atoms with Gasteiger partial charge >= 0.3 is 0 Å². The van der Waals surface area contributed by atoms with Gasteiger partial charge in [-0.2, -0.15) is 0 Å². The number of non-ortho nitro benzene ring substituents is 1. The van der Waals surface area contributed by atoms with E-state index >= 15 is 0 Å². The van der Waals surface area contributed by atoms with Crippen molar-refractivity contribution in [1.29, 1.82) is 0 Å². The number of anilines is 2. The largest absolute Gasteiger partial charge is 0.324 e. The SMILES string of the molecule is O=[N+]([O-])c1ccc(-c2cnc(Nc3nc(-c4ccc(F)cc4)cs3)[nH]2)cc1. The molecule has 4 rings (SSSR count). The lowest BCUT2D eigenvalue weighted by Crippen LogP contribution is -1.92. The summed E-state index contributed by atoms with van der Waals surface area (Å²) in [7, 11) is 0. The highest BCUT2D eigenvalue weighted by Crippen LogP contribution is 2.28. The van der Waals surface area contributed by atoms with Crippen molar-refractivity contribution in [3.8, 4) is 22.5 Å². The van der Waals surface area contributed by atoms with Gasteiger partial charge in [0.25, 0.3) is 5.69 Å². The van der Waals surface area contributed by atoms with Crippen LogP contribution in [-0.2, 0) is 0 Å². The smallest absolute Gasteiger partial charge is 0.269 e. The first-order chi connectivity index (χ1) is 13.1. The first kappa shape index (κ1) is 16.9. The maximum atomic E-state index is 13.0. The van der Waals surface area contributed by atoms with Gasteiger partial charge < -0.3 is 10.3 Å². The van der Waals surface area contributed by atoms with Gasteiger partial charge in [0.15, 0.2) is 5.13 Å². The number of halogens is 1. The number of nitro benzene ring substituents is 1. The van der Waals surface area contributed by atoms with Crippen molar-refractivity contribution in [2.24, 2.45) is 0 Å². The van der Waals surface area contributed by atoms with Crippen LogP contribution in [0.25, 0.3) is 22.5 Å². The summed E-state index contributed by atoms with van der Waals surface area (Å²) in [4.78, 5) is 22.1. The van der Waals surface area contributed by atoms with Crippen LogP contribution in [0, 0.1) is 15.9 Å². The lowest BCUT2D eigenvalue weighted by atomic mass is 10.1. The second-order valence-electron chi connectivity index (χ2n) is 5.62. The third-order valence-electron chi connectivity index (χ3n) is 3.83. The van der Waals surface area contributed by atoms with E-state index in [2.05, 4.69) is 20.3 Å². The van der Waals surface area contributed by atoms with Crippen LogP contribution in [0.2, 0.25) is 0 Å². The normalized spacial score (nSPS) is 10.7. The molecule has 0 saturated carbocycles. The van der Waals surface area contributed by atoms with Gasteiger partial charge in [-0.3, -0.25) is 10.1 Å². The van der Waals surface area contributed by atoms with E-state index in [1.807, 2.05) is 5.38 Å². The van der Waals surface area contributed by atoms with E-state index in [0.29, 0.717) is 11.1 Å². The number of benzene rings is 2. The molecule has 9 heteroatoms. The average Bonchev–Trinajstić information content (AvgIpc) is 3.33. The summed E-state index contributed by atoms with van der Waals surface area (Å²) >= 11 is 1.40. The summed E-state index contributed by atoms with van der Waals surface area (Å²) in [5, 5.41) is 16.3. The number of hydrogen-bond acceptors (Lipinski definition) is 6. The Bertz CT molecular complexity index is 1090. The van der Waals surface area contributed by atoms with E-state index in [9.17, 15) is 14.5 Å². The number of H-pyrrole nitrogens is 1. The van der Waals surface area contributed by atoms with Gasteiger partial charge in [0, 0.05) is 28.6 Å². The van der Waals surface area contributed by atoms with Crippen LogP contribution in [0.4, 0.5) is 21.2 Å². The topological polar surface area (TPSA) is 96.7 Å². The highest BCUT2D eigenvalue weighted by atomic mass is 32.1. The molecular weight excluding hydrogens is 369 g/mol. The zero-order chi connectivity index (χ0) is 18.8. The van der Waals surface area contributed by atoms with Gasteiger partial charge in [-0.25, -0.2) is 14.4 Å². The molecule has 0 aliphatic rings. The van der Waals surface area contributed by atoms with Crippen LogP contribution in [0.15, 0.2) is 60.1 Å². The van der Waals surface area contributed by atoms with E-state index in [-0.39, 0.29) is 11.5 Å². The molecule has 0 saturated heterocycles. The third-order valence-corrected chi connectivity index (χ3v) is 4.59. The molecule has 2 aromatic carbocycles. The molecule has 2 N–H and O–H groups in total. The summed E-state index contributed by atoms with van der Waals surface area (Å²) in [5.41, 5.74) is 3.11. The van der Waals surface area contributed by atoms with Crippen LogP contribution in [0.1, 0.15) is 0 Å². The Morgan fingerprint density at radius 1 is 1.07 bits per heavy atom. The number of aromatic nitrogens is 3. The van der Waals surface area contributed by atoms with Crippen molar-refractivity contribution in [3.63, 3.8) is 0 Å². The minimum absolute atomic E-state index is 0.0349. The van der Waals surface area contributed by atoms with Crippen LogP contribution in [0.3, 0.4) is 0 Å². The standard InChI is InChI=1S/C18H12FN5O2S/c19-13-5-1-12(2-6-13)16-10-27-18(22-16)23-17-20-9-15(21-17)11-3-7-14(8-4-11)24(25)26/h1-10H,(H2,20,21,22,23). The summed E-state index contributed by atoms with van der Waals surface area (Å²) in [5.74, 6) is 0.213. The molecule has 7 nitrogen and oxygen atoms in total. The number of nitrogens with one attached hydrogen (secondary N) is 2. The van der Waals surface area contributed by atoms with Gasteiger partial charge in [0.2, 0.25) is 5.95 Å². The number of aromatic amines is 1. The van der Waals surface area contributed by atoms with Gasteiger partial charge in [0.05, 0.1) is 22.5 Å². The van der Waals surface area contributed by atoms with Crippen molar-refractivity contribution >= 4 is 28.1 Å². The first-order valence-electron chi connectivity index (χ1n) is 7.87. The third kappa shape index (κ3) is 3.67. The molecule has 0 unspecified atom stereocenters. The molecule has 4 aromatic rings. The Morgan fingerprint density at radius 2 is 1.78 bits per heavy atom. The van der Waals surface area contributed by atoms with Crippen molar-refractivity contribution in [1.82, 2.24) is 15.0 Å². The number of nitrogens with zero attached hydrogens (tertiary/aromatic N) is 3. The molecule has 0 atom stereocenters. The fraction of sp³-hybridized carbons (Fsp3) is 0. The lowest BCUT2D eigenvalue weighted by Gasteiger charge is -1.99. The monoisotopic (exact) mass is 381 g/mol. The summed E-state index contributed by atoms with van der Waals surface area (Å²) in [6.07, 6.45) is 1.64. The van der Waals surface area contributed by atoms with E-state index in [0.717, 1.165) is 22.5 Å². The second-order valence-corrected chi connectivity index (χ2v) is 6.48. The summed E-state index contributed by atoms with van der Waals surface area (Å²) < 4.78 is 13.0. The fourth-order valence-corrected chi connectivity index (χ4v) is 3.20. The number of nitro groups is 1. The van der Waals surface area contributed by atoms with Crippen molar-refractivity contribution in [3.05, 3.63) is 76.0 Å². The Kier molecular flexibility index (Phi) is 4.35. The molecular formula is C18H12FN5O2S. The minimum atomic E-state index is -0.440. The van der Waals surface area contributed by atoms with E-state index < -0.39 is 4.92 Å². The van der Waals surface area contributed by atoms with Crippen LogP contribution in [-0.4, -0.2) is 19.9 Å². The average molecular weight is 381 g/mol. The van der Waals surface area contributed by atoms with E-state index in [1.165, 1.54) is 35.6 Å². The second kappa shape index (κ2) is 6.96. The maximum absolute atomic E-state index is 13.0. The quantitative estimate of drug-likeness (QED) is 0.375. The van der Waals surface area contributed by atoms with Crippen LogP contribution >= 0.6 is 11.3 Å². The molecule has 2 heterocycles. The van der Waals surface area contributed by atoms with Gasteiger partial charge in [-0.05, 0) is 36.4 Å². The zero-order valence-corrected chi connectivity index (χ0v) is 14.5. The Balaban J connectivity index is 1.49. The molecule has 0 amide bonds. The fourth-order valence-electron chi connectivity index (χ4n) is 2.48. The van der Waals surface area contributed by atoms with Gasteiger partial charge in [0.1, 0.15) is 5.82 Å². The van der Waals surface area contributed by atoms with E-state index in [1.54, 1.807) is 30.5 Å². The summed E-state index contributed by atoms with van der Waals surface area (Å²) in [6.45, 7) is 0. The number of thiazole rings is 1. The first-order valence-corrected chi connectivity index (χ1v) is 8.75. The zero-order valence-electron chi connectivity index (χ0n) is 13.7. The van der Waals surface area contributed by atoms with Crippen molar-refractivity contribution in [2.45, 2.75) is 0 Å². The Labute approximate surface area is 156 Å². The van der Waals surface area contributed by atoms with Gasteiger partial charge in [-0.1, -0.05) is 0 Å². The maximum Gasteiger partial charge on any atom is 0.269 e. The van der Waals surface area contributed by atoms with E-state index in [4.69, 9.17) is 0 Å². The molecule has 0 radical (unpaired) electrons. The van der Waals surface area contributed by atoms with Crippen molar-refractivity contribution < 1.29 is 9.31 Å².